The highest BCUT2D eigenvalue weighted by Gasteiger charge is 2.07. The van der Waals surface area contributed by atoms with Gasteiger partial charge in [-0.2, -0.15) is 0 Å². The molecule has 0 atom stereocenters. The molecule has 134 valence electrons. The summed E-state index contributed by atoms with van der Waals surface area (Å²) in [5.41, 5.74) is 2.00. The zero-order valence-corrected chi connectivity index (χ0v) is 15.0. The van der Waals surface area contributed by atoms with Gasteiger partial charge in [0, 0.05) is 16.7 Å². The second-order valence-electron chi connectivity index (χ2n) is 6.06. The van der Waals surface area contributed by atoms with E-state index in [2.05, 4.69) is 15.3 Å². The molecule has 0 radical (unpaired) electrons. The maximum absolute atomic E-state index is 12.3. The van der Waals surface area contributed by atoms with Crippen LogP contribution in [0.4, 0.5) is 5.82 Å². The molecule has 2 aromatic heterocycles. The predicted molar refractivity (Wildman–Crippen MR) is 106 cm³/mol. The minimum atomic E-state index is -0.122. The molecule has 0 saturated heterocycles. The number of pyridine rings is 1. The smallest absolute Gasteiger partial charge is 0.229 e. The van der Waals surface area contributed by atoms with Crippen molar-refractivity contribution in [2.75, 3.05) is 5.32 Å². The number of nitrogens with zero attached hydrogens (tertiary/aromatic N) is 1. The molecule has 2 aromatic carbocycles. The Hall–Kier alpha value is -3.31. The highest BCUT2D eigenvalue weighted by molar-refractivity contribution is 6.30. The molecular formula is C21H16ClN3O2. The van der Waals surface area contributed by atoms with Crippen LogP contribution in [0.15, 0.2) is 73.1 Å². The Morgan fingerprint density at radius 3 is 2.63 bits per heavy atom. The van der Waals surface area contributed by atoms with Gasteiger partial charge in [0.1, 0.15) is 17.3 Å². The first-order chi connectivity index (χ1) is 13.2. The molecule has 0 bridgehead atoms. The normalized spacial score (nSPS) is 10.7. The van der Waals surface area contributed by atoms with Gasteiger partial charge in [0.25, 0.3) is 0 Å². The summed E-state index contributed by atoms with van der Waals surface area (Å²) in [4.78, 5) is 19.6. The van der Waals surface area contributed by atoms with E-state index in [-0.39, 0.29) is 12.3 Å². The third-order valence-corrected chi connectivity index (χ3v) is 4.29. The molecule has 0 aliphatic heterocycles. The largest absolute Gasteiger partial charge is 0.456 e. The summed E-state index contributed by atoms with van der Waals surface area (Å²) >= 11 is 5.86. The zero-order valence-electron chi connectivity index (χ0n) is 14.3. The van der Waals surface area contributed by atoms with E-state index >= 15 is 0 Å². The first-order valence-corrected chi connectivity index (χ1v) is 8.79. The fraction of sp³-hybridized carbons (Fsp3) is 0.0476. The van der Waals surface area contributed by atoms with Gasteiger partial charge in [0.05, 0.1) is 12.6 Å². The van der Waals surface area contributed by atoms with Gasteiger partial charge >= 0.3 is 0 Å². The van der Waals surface area contributed by atoms with Crippen LogP contribution in [-0.4, -0.2) is 15.9 Å². The highest BCUT2D eigenvalue weighted by Crippen LogP contribution is 2.23. The quantitative estimate of drug-likeness (QED) is 0.503. The molecule has 4 aromatic rings. The number of benzene rings is 2. The van der Waals surface area contributed by atoms with Crippen molar-refractivity contribution in [1.82, 2.24) is 9.97 Å². The van der Waals surface area contributed by atoms with Gasteiger partial charge in [-0.25, -0.2) is 4.98 Å². The number of H-pyrrole nitrogens is 1. The maximum Gasteiger partial charge on any atom is 0.229 e. The van der Waals surface area contributed by atoms with Crippen LogP contribution in [-0.2, 0) is 11.2 Å². The van der Waals surface area contributed by atoms with Crippen molar-refractivity contribution in [1.29, 1.82) is 0 Å². The molecule has 27 heavy (non-hydrogen) atoms. The predicted octanol–water partition coefficient (Wildman–Crippen LogP) is 5.19. The maximum atomic E-state index is 12.3. The number of aromatic nitrogens is 2. The molecule has 0 spiro atoms. The second-order valence-corrected chi connectivity index (χ2v) is 6.50. The molecule has 2 N–H and O–H groups in total. The van der Waals surface area contributed by atoms with Crippen LogP contribution in [0.1, 0.15) is 5.56 Å². The summed E-state index contributed by atoms with van der Waals surface area (Å²) in [6, 6.07) is 18.4. The lowest BCUT2D eigenvalue weighted by Gasteiger charge is -2.08. The molecular weight excluding hydrogens is 362 g/mol. The number of carbonyl (C=O) groups is 1. The molecule has 2 heterocycles. The molecule has 0 aliphatic carbocycles. The van der Waals surface area contributed by atoms with Gasteiger partial charge < -0.3 is 15.0 Å². The summed E-state index contributed by atoms with van der Waals surface area (Å²) in [5.74, 6) is 1.60. The van der Waals surface area contributed by atoms with Crippen molar-refractivity contribution in [3.05, 3.63) is 83.6 Å². The van der Waals surface area contributed by atoms with E-state index in [0.29, 0.717) is 22.3 Å². The van der Waals surface area contributed by atoms with E-state index in [1.165, 1.54) is 0 Å². The number of fused-ring (bicyclic) bond motifs is 1. The minimum Gasteiger partial charge on any atom is -0.456 e. The molecule has 6 heteroatoms. The second kappa shape index (κ2) is 7.51. The zero-order chi connectivity index (χ0) is 18.6. The number of hydrogen-bond donors (Lipinski definition) is 2. The molecule has 4 rings (SSSR count). The van der Waals surface area contributed by atoms with Crippen LogP contribution >= 0.6 is 11.6 Å². The molecule has 1 amide bonds. The Bertz CT molecular complexity index is 1070. The Morgan fingerprint density at radius 1 is 1.04 bits per heavy atom. The van der Waals surface area contributed by atoms with Gasteiger partial charge in [-0.3, -0.25) is 4.79 Å². The lowest BCUT2D eigenvalue weighted by molar-refractivity contribution is -0.115. The molecule has 0 aliphatic rings. The topological polar surface area (TPSA) is 67.0 Å². The van der Waals surface area contributed by atoms with Crippen LogP contribution < -0.4 is 10.1 Å². The first kappa shape index (κ1) is 17.1. The molecule has 5 nitrogen and oxygen atoms in total. The Kier molecular flexibility index (Phi) is 4.77. The van der Waals surface area contributed by atoms with E-state index < -0.39 is 0 Å². The fourth-order valence-corrected chi connectivity index (χ4v) is 2.86. The Balaban J connectivity index is 1.37. The molecule has 0 fully saturated rings. The van der Waals surface area contributed by atoms with Gasteiger partial charge in [0.2, 0.25) is 5.91 Å². The van der Waals surface area contributed by atoms with Crippen molar-refractivity contribution in [2.45, 2.75) is 6.42 Å². The van der Waals surface area contributed by atoms with Gasteiger partial charge in [0.15, 0.2) is 0 Å². The third kappa shape index (κ3) is 4.27. The van der Waals surface area contributed by atoms with Crippen molar-refractivity contribution in [3.8, 4) is 11.5 Å². The summed E-state index contributed by atoms with van der Waals surface area (Å²) in [5, 5.41) is 4.53. The number of amides is 1. The standard InChI is InChI=1S/C21H16ClN3O2/c22-16-2-4-17(5-3-16)27-18-6-8-20(24-13-18)25-21(26)12-14-1-7-19-15(11-14)9-10-23-19/h1-11,13,23H,12H2,(H,24,25,26). The van der Waals surface area contributed by atoms with Crippen molar-refractivity contribution < 1.29 is 9.53 Å². The summed E-state index contributed by atoms with van der Waals surface area (Å²) in [6.45, 7) is 0. The number of aromatic amines is 1. The third-order valence-electron chi connectivity index (χ3n) is 4.04. The van der Waals surface area contributed by atoms with E-state index in [9.17, 15) is 4.79 Å². The number of halogens is 1. The van der Waals surface area contributed by atoms with Crippen LogP contribution in [0.5, 0.6) is 11.5 Å². The number of hydrogen-bond acceptors (Lipinski definition) is 3. The lowest BCUT2D eigenvalue weighted by Crippen LogP contribution is -2.15. The van der Waals surface area contributed by atoms with Crippen molar-refractivity contribution in [3.63, 3.8) is 0 Å². The van der Waals surface area contributed by atoms with Crippen LogP contribution in [0.25, 0.3) is 10.9 Å². The van der Waals surface area contributed by atoms with E-state index in [1.54, 1.807) is 42.6 Å². The Morgan fingerprint density at radius 2 is 1.85 bits per heavy atom. The number of anilines is 1. The molecule has 0 saturated carbocycles. The minimum absolute atomic E-state index is 0.122. The average molecular weight is 378 g/mol. The van der Waals surface area contributed by atoms with Gasteiger partial charge in [-0.05, 0) is 65.5 Å². The van der Waals surface area contributed by atoms with Crippen LogP contribution in [0.3, 0.4) is 0 Å². The van der Waals surface area contributed by atoms with E-state index in [4.69, 9.17) is 16.3 Å². The average Bonchev–Trinajstić information content (AvgIpc) is 3.13. The van der Waals surface area contributed by atoms with Crippen molar-refractivity contribution in [2.24, 2.45) is 0 Å². The SMILES string of the molecule is O=C(Cc1ccc2[nH]ccc2c1)Nc1ccc(Oc2ccc(Cl)cc2)cn1. The Labute approximate surface area is 161 Å². The number of rotatable bonds is 5. The van der Waals surface area contributed by atoms with Crippen LogP contribution in [0.2, 0.25) is 5.02 Å². The van der Waals surface area contributed by atoms with Gasteiger partial charge in [-0.1, -0.05) is 17.7 Å². The van der Waals surface area contributed by atoms with Crippen molar-refractivity contribution >= 4 is 34.2 Å². The van der Waals surface area contributed by atoms with Crippen LogP contribution in [0, 0.1) is 0 Å². The van der Waals surface area contributed by atoms with E-state index in [0.717, 1.165) is 16.5 Å². The number of nitrogens with one attached hydrogen (secondary N) is 2. The number of ether oxygens (including phenoxy) is 1. The fourth-order valence-electron chi connectivity index (χ4n) is 2.74. The van der Waals surface area contributed by atoms with Gasteiger partial charge in [-0.15, -0.1) is 0 Å². The summed E-state index contributed by atoms with van der Waals surface area (Å²) < 4.78 is 5.69. The summed E-state index contributed by atoms with van der Waals surface area (Å²) in [7, 11) is 0. The monoisotopic (exact) mass is 377 g/mol. The molecule has 0 unspecified atom stereocenters. The summed E-state index contributed by atoms with van der Waals surface area (Å²) in [6.07, 6.45) is 3.73. The number of carbonyl (C=O) groups excluding carboxylic acids is 1. The highest BCUT2D eigenvalue weighted by atomic mass is 35.5. The lowest BCUT2D eigenvalue weighted by atomic mass is 10.1. The van der Waals surface area contributed by atoms with E-state index in [1.807, 2.05) is 30.5 Å². The first-order valence-electron chi connectivity index (χ1n) is 8.41.